The molecule has 0 N–H and O–H groups in total. The van der Waals surface area contributed by atoms with E-state index in [2.05, 4.69) is 4.99 Å². The number of sulfone groups is 1. The van der Waals surface area contributed by atoms with Crippen LogP contribution in [-0.4, -0.2) is 27.9 Å². The fourth-order valence-corrected chi connectivity index (χ4v) is 2.38. The summed E-state index contributed by atoms with van der Waals surface area (Å²) in [5, 5.41) is 0. The number of para-hydroxylation sites is 1. The number of benzene rings is 1. The molecule has 1 aromatic rings. The Morgan fingerprint density at radius 3 is 2.53 bits per heavy atom. The zero-order valence-corrected chi connectivity index (χ0v) is 10.6. The van der Waals surface area contributed by atoms with Crippen molar-refractivity contribution in [1.29, 1.82) is 0 Å². The molecule has 0 aliphatic heterocycles. The van der Waals surface area contributed by atoms with E-state index in [0.29, 0.717) is 5.56 Å². The van der Waals surface area contributed by atoms with Gasteiger partial charge >= 0.3 is 0 Å². The summed E-state index contributed by atoms with van der Waals surface area (Å²) in [5.74, 6) is 0.224. The molecule has 5 nitrogen and oxygen atoms in total. The molecular weight excluding hydrogens is 242 g/mol. The molecule has 0 saturated heterocycles. The average molecular weight is 255 g/mol. The topological polar surface area (TPSA) is 72.8 Å². The van der Waals surface area contributed by atoms with E-state index in [9.17, 15) is 13.2 Å². The van der Waals surface area contributed by atoms with Gasteiger partial charge in [0.2, 0.25) is 6.08 Å². The molecule has 1 aromatic carbocycles. The average Bonchev–Trinajstić information content (AvgIpc) is 2.27. The first-order valence-electron chi connectivity index (χ1n) is 4.85. The molecule has 0 radical (unpaired) electrons. The minimum Gasteiger partial charge on any atom is -0.495 e. The third-order valence-corrected chi connectivity index (χ3v) is 3.43. The predicted molar refractivity (Wildman–Crippen MR) is 62.6 cm³/mol. The predicted octanol–water partition coefficient (Wildman–Crippen LogP) is 1.50. The Labute approximate surface area is 100 Å². The first-order valence-corrected chi connectivity index (χ1v) is 6.75. The molecular formula is C11H13NO4S. The van der Waals surface area contributed by atoms with Gasteiger partial charge in [-0.2, -0.15) is 4.99 Å². The Morgan fingerprint density at radius 1 is 1.41 bits per heavy atom. The minimum absolute atomic E-state index is 0.0884. The van der Waals surface area contributed by atoms with Gasteiger partial charge in [0, 0.05) is 11.8 Å². The molecule has 0 saturated carbocycles. The van der Waals surface area contributed by atoms with E-state index in [0.717, 1.165) is 6.26 Å². The van der Waals surface area contributed by atoms with Gasteiger partial charge in [0.25, 0.3) is 0 Å². The van der Waals surface area contributed by atoms with Gasteiger partial charge in [0.05, 0.1) is 13.2 Å². The molecule has 0 fully saturated rings. The Hall–Kier alpha value is -1.65. The molecule has 17 heavy (non-hydrogen) atoms. The second-order valence-electron chi connectivity index (χ2n) is 3.55. The molecule has 0 aliphatic rings. The number of hydrogen-bond acceptors (Lipinski definition) is 5. The second kappa shape index (κ2) is 5.12. The van der Waals surface area contributed by atoms with Gasteiger partial charge in [-0.1, -0.05) is 12.1 Å². The van der Waals surface area contributed by atoms with Crippen molar-refractivity contribution in [3.8, 4) is 5.75 Å². The summed E-state index contributed by atoms with van der Waals surface area (Å²) >= 11 is 0. The van der Waals surface area contributed by atoms with E-state index in [4.69, 9.17) is 4.74 Å². The van der Waals surface area contributed by atoms with E-state index in [1.165, 1.54) is 19.3 Å². The minimum atomic E-state index is -3.38. The number of isocyanates is 1. The highest BCUT2D eigenvalue weighted by Crippen LogP contribution is 2.33. The van der Waals surface area contributed by atoms with E-state index < -0.39 is 15.9 Å². The monoisotopic (exact) mass is 255 g/mol. The van der Waals surface area contributed by atoms with Crippen LogP contribution in [0.4, 0.5) is 0 Å². The van der Waals surface area contributed by atoms with Crippen LogP contribution in [0.25, 0.3) is 0 Å². The zero-order valence-electron chi connectivity index (χ0n) is 9.80. The van der Waals surface area contributed by atoms with E-state index >= 15 is 0 Å². The van der Waals surface area contributed by atoms with Crippen LogP contribution in [0.3, 0.4) is 0 Å². The first kappa shape index (κ1) is 13.4. The Bertz CT molecular complexity index is 559. The smallest absolute Gasteiger partial charge is 0.235 e. The maximum atomic E-state index is 11.6. The lowest BCUT2D eigenvalue weighted by atomic mass is 10.1. The summed E-state index contributed by atoms with van der Waals surface area (Å²) in [5.41, 5.74) is 0.541. The van der Waals surface area contributed by atoms with Crippen LogP contribution in [-0.2, 0) is 14.6 Å². The number of carbonyl (C=O) groups excluding carboxylic acids is 1. The second-order valence-corrected chi connectivity index (χ2v) is 5.53. The summed E-state index contributed by atoms with van der Waals surface area (Å²) in [6, 6.07) is 4.21. The fourth-order valence-electron chi connectivity index (χ4n) is 1.52. The van der Waals surface area contributed by atoms with Gasteiger partial charge in [0.15, 0.2) is 9.84 Å². The van der Waals surface area contributed by atoms with Crippen LogP contribution in [0.5, 0.6) is 5.75 Å². The van der Waals surface area contributed by atoms with Gasteiger partial charge in [-0.25, -0.2) is 13.2 Å². The molecule has 1 rings (SSSR count). The Morgan fingerprint density at radius 2 is 2.06 bits per heavy atom. The van der Waals surface area contributed by atoms with Crippen LogP contribution in [0.1, 0.15) is 18.5 Å². The highest BCUT2D eigenvalue weighted by molar-refractivity contribution is 7.90. The summed E-state index contributed by atoms with van der Waals surface area (Å²) in [7, 11) is -2.00. The number of aliphatic imine (C=N–C) groups is 1. The van der Waals surface area contributed by atoms with Crippen LogP contribution >= 0.6 is 0 Å². The van der Waals surface area contributed by atoms with Gasteiger partial charge in [-0.05, 0) is 13.0 Å². The Balaban J connectivity index is 3.49. The van der Waals surface area contributed by atoms with Gasteiger partial charge in [-0.15, -0.1) is 0 Å². The van der Waals surface area contributed by atoms with Crippen LogP contribution in [0.2, 0.25) is 0 Å². The third kappa shape index (κ3) is 2.93. The number of rotatable bonds is 4. The summed E-state index contributed by atoms with van der Waals surface area (Å²) < 4.78 is 28.2. The lowest BCUT2D eigenvalue weighted by Crippen LogP contribution is -2.04. The highest BCUT2D eigenvalue weighted by atomic mass is 32.2. The Kier molecular flexibility index (Phi) is 4.04. The number of ether oxygens (including phenoxy) is 1. The van der Waals surface area contributed by atoms with Crippen LogP contribution in [0.15, 0.2) is 28.1 Å². The summed E-state index contributed by atoms with van der Waals surface area (Å²) in [6.07, 6.45) is 2.54. The number of nitrogens with zero attached hydrogens (tertiary/aromatic N) is 1. The van der Waals surface area contributed by atoms with Crippen molar-refractivity contribution >= 4 is 15.9 Å². The van der Waals surface area contributed by atoms with Crippen molar-refractivity contribution < 1.29 is 17.9 Å². The molecule has 0 aliphatic carbocycles. The van der Waals surface area contributed by atoms with Crippen LogP contribution < -0.4 is 4.74 Å². The quantitative estimate of drug-likeness (QED) is 0.603. The molecule has 0 aromatic heterocycles. The first-order chi connectivity index (χ1) is 7.91. The highest BCUT2D eigenvalue weighted by Gasteiger charge is 2.19. The molecule has 0 amide bonds. The molecule has 1 unspecified atom stereocenters. The fraction of sp³-hybridized carbons (Fsp3) is 0.364. The van der Waals surface area contributed by atoms with Crippen molar-refractivity contribution in [1.82, 2.24) is 0 Å². The number of methoxy groups -OCH3 is 1. The maximum absolute atomic E-state index is 11.6. The normalized spacial score (nSPS) is 12.6. The lowest BCUT2D eigenvalue weighted by molar-refractivity contribution is 0.395. The molecule has 0 spiro atoms. The van der Waals surface area contributed by atoms with Crippen molar-refractivity contribution in [2.75, 3.05) is 13.4 Å². The van der Waals surface area contributed by atoms with Gasteiger partial charge in [-0.3, -0.25) is 0 Å². The van der Waals surface area contributed by atoms with Gasteiger partial charge in [0.1, 0.15) is 10.6 Å². The SMILES string of the molecule is COc1c(C(C)N=C=O)cccc1S(C)(=O)=O. The molecule has 1 atom stereocenters. The largest absolute Gasteiger partial charge is 0.495 e. The van der Waals surface area contributed by atoms with E-state index in [1.807, 2.05) is 0 Å². The molecule has 0 heterocycles. The van der Waals surface area contributed by atoms with Crippen LogP contribution in [0, 0.1) is 0 Å². The van der Waals surface area contributed by atoms with Crippen molar-refractivity contribution in [2.45, 2.75) is 17.9 Å². The van der Waals surface area contributed by atoms with E-state index in [1.54, 1.807) is 19.1 Å². The molecule has 92 valence electrons. The van der Waals surface area contributed by atoms with Gasteiger partial charge < -0.3 is 4.74 Å². The molecule has 6 heteroatoms. The van der Waals surface area contributed by atoms with Crippen molar-refractivity contribution in [3.05, 3.63) is 23.8 Å². The number of hydrogen-bond donors (Lipinski definition) is 0. The molecule has 0 bridgehead atoms. The summed E-state index contributed by atoms with van der Waals surface area (Å²) in [4.78, 5) is 13.9. The zero-order chi connectivity index (χ0) is 13.1. The van der Waals surface area contributed by atoms with Crippen molar-refractivity contribution in [2.24, 2.45) is 4.99 Å². The maximum Gasteiger partial charge on any atom is 0.235 e. The van der Waals surface area contributed by atoms with E-state index in [-0.39, 0.29) is 10.6 Å². The summed E-state index contributed by atoms with van der Waals surface area (Å²) in [6.45, 7) is 1.66. The third-order valence-electron chi connectivity index (χ3n) is 2.31. The standard InChI is InChI=1S/C11H13NO4S/c1-8(12-7-13)9-5-4-6-10(11(9)16-2)17(3,14)15/h4-6,8H,1-3H3. The van der Waals surface area contributed by atoms with Crippen molar-refractivity contribution in [3.63, 3.8) is 0 Å². The lowest BCUT2D eigenvalue weighted by Gasteiger charge is -2.14.